The Kier molecular flexibility index (Phi) is 3.99. The maximum absolute atomic E-state index is 10.3. The molecule has 0 spiro atoms. The normalized spacial score (nSPS) is 16.0. The zero-order chi connectivity index (χ0) is 8.15. The van der Waals surface area contributed by atoms with Gasteiger partial charge in [0.25, 0.3) is 0 Å². The van der Waals surface area contributed by atoms with E-state index < -0.39 is 18.5 Å². The first-order valence-corrected chi connectivity index (χ1v) is 3.01. The molecule has 0 aliphatic heterocycles. The summed E-state index contributed by atoms with van der Waals surface area (Å²) in [5, 5.41) is 10.3. The molecule has 0 heterocycles. The van der Waals surface area contributed by atoms with Crippen LogP contribution in [0.3, 0.4) is 0 Å². The third-order valence-corrected chi connectivity index (χ3v) is 0.715. The van der Waals surface area contributed by atoms with E-state index in [0.717, 1.165) is 0 Å². The van der Waals surface area contributed by atoms with Crippen LogP contribution < -0.4 is 0 Å². The highest BCUT2D eigenvalue weighted by molar-refractivity contribution is 5.65. The molecule has 0 fully saturated rings. The summed E-state index contributed by atoms with van der Waals surface area (Å²) in [5.41, 5.74) is 0. The Morgan fingerprint density at radius 1 is 1.40 bits per heavy atom. The topological polar surface area (TPSA) is 55.4 Å². The monoisotopic (exact) mass is 147 g/mol. The van der Waals surface area contributed by atoms with Crippen molar-refractivity contribution in [2.75, 3.05) is 0 Å². The Hall–Kier alpha value is -0.610. The van der Waals surface area contributed by atoms with Gasteiger partial charge in [-0.05, 0) is 13.8 Å². The molecule has 1 radical (unpaired) electrons. The molecule has 2 atom stereocenters. The van der Waals surface area contributed by atoms with Gasteiger partial charge in [0.15, 0.2) is 6.29 Å². The molecule has 0 aromatic heterocycles. The van der Waals surface area contributed by atoms with Crippen molar-refractivity contribution >= 4 is 5.97 Å². The van der Waals surface area contributed by atoms with Gasteiger partial charge >= 0.3 is 5.97 Å². The lowest BCUT2D eigenvalue weighted by atomic mass is 10.7. The van der Waals surface area contributed by atoms with Crippen LogP contribution in [0.1, 0.15) is 20.8 Å². The van der Waals surface area contributed by atoms with Crippen LogP contribution in [0.4, 0.5) is 0 Å². The van der Waals surface area contributed by atoms with Gasteiger partial charge in [0.05, 0.1) is 0 Å². The maximum Gasteiger partial charge on any atom is 0.304 e. The lowest BCUT2D eigenvalue weighted by molar-refractivity contribution is -0.228. The van der Waals surface area contributed by atoms with Crippen LogP contribution in [-0.2, 0) is 19.4 Å². The highest BCUT2D eigenvalue weighted by Gasteiger charge is 2.08. The SMILES string of the molecule is CC(=O)OC(C)OC(C)[O]. The minimum absolute atomic E-state index is 0.451. The average Bonchev–Trinajstić information content (AvgIpc) is 1.58. The first-order valence-electron chi connectivity index (χ1n) is 3.01. The second-order valence-corrected chi connectivity index (χ2v) is 1.88. The summed E-state index contributed by atoms with van der Waals surface area (Å²) >= 11 is 0. The summed E-state index contributed by atoms with van der Waals surface area (Å²) < 4.78 is 9.06. The van der Waals surface area contributed by atoms with E-state index in [1.54, 1.807) is 0 Å². The van der Waals surface area contributed by atoms with Gasteiger partial charge in [-0.2, -0.15) is 0 Å². The number of hydrogen-bond donors (Lipinski definition) is 0. The van der Waals surface area contributed by atoms with Crippen molar-refractivity contribution in [1.82, 2.24) is 0 Å². The molecule has 0 aliphatic carbocycles. The van der Waals surface area contributed by atoms with Crippen molar-refractivity contribution in [3.05, 3.63) is 0 Å². The predicted octanol–water partition coefficient (Wildman–Crippen LogP) is 0.689. The van der Waals surface area contributed by atoms with Crippen LogP contribution in [0.15, 0.2) is 0 Å². The van der Waals surface area contributed by atoms with E-state index >= 15 is 0 Å². The third-order valence-electron chi connectivity index (χ3n) is 0.715. The molecule has 0 aromatic carbocycles. The molecule has 4 nitrogen and oxygen atoms in total. The molecule has 0 N–H and O–H groups in total. The summed E-state index contributed by atoms with van der Waals surface area (Å²) in [5.74, 6) is -0.451. The van der Waals surface area contributed by atoms with Gasteiger partial charge in [-0.25, -0.2) is 5.11 Å². The highest BCUT2D eigenvalue weighted by Crippen LogP contribution is 1.97. The van der Waals surface area contributed by atoms with Gasteiger partial charge in [-0.15, -0.1) is 0 Å². The molecule has 0 aliphatic rings. The van der Waals surface area contributed by atoms with Crippen molar-refractivity contribution in [3.8, 4) is 0 Å². The summed E-state index contributed by atoms with van der Waals surface area (Å²) in [6.45, 7) is 4.09. The largest absolute Gasteiger partial charge is 0.436 e. The Balaban J connectivity index is 3.43. The van der Waals surface area contributed by atoms with E-state index in [0.29, 0.717) is 0 Å². The van der Waals surface area contributed by atoms with Gasteiger partial charge in [0.1, 0.15) is 0 Å². The lowest BCUT2D eigenvalue weighted by Gasteiger charge is -2.12. The predicted molar refractivity (Wildman–Crippen MR) is 32.5 cm³/mol. The van der Waals surface area contributed by atoms with Crippen LogP contribution in [-0.4, -0.2) is 18.5 Å². The number of carbonyl (C=O) groups excluding carboxylic acids is 1. The quantitative estimate of drug-likeness (QED) is 0.436. The van der Waals surface area contributed by atoms with Crippen LogP contribution in [0.5, 0.6) is 0 Å². The smallest absolute Gasteiger partial charge is 0.304 e. The summed E-state index contributed by atoms with van der Waals surface area (Å²) in [7, 11) is 0. The maximum atomic E-state index is 10.3. The van der Waals surface area contributed by atoms with E-state index in [-0.39, 0.29) is 0 Å². The minimum Gasteiger partial charge on any atom is -0.436 e. The first-order chi connectivity index (χ1) is 4.52. The minimum atomic E-state index is -1.16. The number of hydrogen-bond acceptors (Lipinski definition) is 3. The van der Waals surface area contributed by atoms with Crippen LogP contribution in [0, 0.1) is 0 Å². The Bertz CT molecular complexity index is 110. The molecule has 0 amide bonds. The van der Waals surface area contributed by atoms with Gasteiger partial charge < -0.3 is 9.47 Å². The molecule has 0 aromatic rings. The summed E-state index contributed by atoms with van der Waals surface area (Å²) in [6.07, 6.45) is -1.90. The number of esters is 1. The van der Waals surface area contributed by atoms with E-state index in [2.05, 4.69) is 9.47 Å². The van der Waals surface area contributed by atoms with E-state index in [1.807, 2.05) is 0 Å². The highest BCUT2D eigenvalue weighted by atomic mass is 16.7. The summed E-state index contributed by atoms with van der Waals surface area (Å²) in [6, 6.07) is 0. The fraction of sp³-hybridized carbons (Fsp3) is 0.833. The fourth-order valence-electron chi connectivity index (χ4n) is 0.531. The Labute approximate surface area is 59.7 Å². The summed E-state index contributed by atoms with van der Waals surface area (Å²) in [4.78, 5) is 10.2. The van der Waals surface area contributed by atoms with Crippen molar-refractivity contribution in [3.63, 3.8) is 0 Å². The average molecular weight is 147 g/mol. The fourth-order valence-corrected chi connectivity index (χ4v) is 0.531. The van der Waals surface area contributed by atoms with Crippen molar-refractivity contribution in [2.45, 2.75) is 33.4 Å². The molecular formula is C6H11O4. The number of ether oxygens (including phenoxy) is 2. The van der Waals surface area contributed by atoms with Crippen molar-refractivity contribution in [2.24, 2.45) is 0 Å². The van der Waals surface area contributed by atoms with E-state index in [9.17, 15) is 9.90 Å². The molecule has 2 unspecified atom stereocenters. The molecule has 59 valence electrons. The van der Waals surface area contributed by atoms with Crippen molar-refractivity contribution < 1.29 is 19.4 Å². The van der Waals surface area contributed by atoms with Gasteiger partial charge in [-0.1, -0.05) is 0 Å². The first kappa shape index (κ1) is 9.39. The van der Waals surface area contributed by atoms with Crippen LogP contribution in [0.25, 0.3) is 0 Å². The molecule has 4 heteroatoms. The second kappa shape index (κ2) is 4.24. The lowest BCUT2D eigenvalue weighted by Crippen LogP contribution is -2.20. The second-order valence-electron chi connectivity index (χ2n) is 1.88. The Morgan fingerprint density at radius 3 is 2.20 bits per heavy atom. The molecule has 0 saturated carbocycles. The standard InChI is InChI=1S/C6H11O4/c1-4(7)9-6(3)10-5(2)8/h4,6H,1-3H3. The van der Waals surface area contributed by atoms with E-state index in [4.69, 9.17) is 0 Å². The van der Waals surface area contributed by atoms with Gasteiger partial charge in [0.2, 0.25) is 6.29 Å². The van der Waals surface area contributed by atoms with Crippen LogP contribution >= 0.6 is 0 Å². The molecular weight excluding hydrogens is 136 g/mol. The Morgan fingerprint density at radius 2 is 1.90 bits per heavy atom. The zero-order valence-corrected chi connectivity index (χ0v) is 6.29. The van der Waals surface area contributed by atoms with Crippen LogP contribution in [0.2, 0.25) is 0 Å². The number of rotatable bonds is 3. The third kappa shape index (κ3) is 5.53. The number of carbonyl (C=O) groups is 1. The molecule has 0 saturated heterocycles. The van der Waals surface area contributed by atoms with E-state index in [1.165, 1.54) is 20.8 Å². The van der Waals surface area contributed by atoms with Gasteiger partial charge in [-0.3, -0.25) is 4.79 Å². The molecule has 0 rings (SSSR count). The molecule has 0 bridgehead atoms. The molecule has 10 heavy (non-hydrogen) atoms. The van der Waals surface area contributed by atoms with Gasteiger partial charge in [0, 0.05) is 6.92 Å². The zero-order valence-electron chi connectivity index (χ0n) is 6.29. The van der Waals surface area contributed by atoms with Crippen molar-refractivity contribution in [1.29, 1.82) is 0 Å².